The third-order valence-corrected chi connectivity index (χ3v) is 4.15. The lowest BCUT2D eigenvalue weighted by molar-refractivity contribution is 0.0559. The Bertz CT molecular complexity index is 419. The molecule has 3 heterocycles. The average molecular weight is 264 g/mol. The maximum absolute atomic E-state index is 5.81. The summed E-state index contributed by atoms with van der Waals surface area (Å²) in [4.78, 5) is 5.01. The lowest BCUT2D eigenvalue weighted by Crippen LogP contribution is -2.42. The Morgan fingerprint density at radius 2 is 2.21 bits per heavy atom. The molecule has 0 amide bonds. The molecule has 1 aromatic heterocycles. The third-order valence-electron chi connectivity index (χ3n) is 4.15. The van der Waals surface area contributed by atoms with Crippen molar-refractivity contribution < 1.29 is 4.74 Å². The molecule has 5 heteroatoms. The van der Waals surface area contributed by atoms with Crippen LogP contribution in [0.3, 0.4) is 0 Å². The summed E-state index contributed by atoms with van der Waals surface area (Å²) in [5.74, 6) is 0.630. The van der Waals surface area contributed by atoms with Gasteiger partial charge >= 0.3 is 0 Å². The Hall–Kier alpha value is -0.910. The fraction of sp³-hybridized carbons (Fsp3) is 0.786. The predicted molar refractivity (Wildman–Crippen MR) is 73.9 cm³/mol. The van der Waals surface area contributed by atoms with E-state index in [9.17, 15) is 0 Å². The van der Waals surface area contributed by atoms with Crippen LogP contribution in [0.25, 0.3) is 0 Å². The van der Waals surface area contributed by atoms with Crippen molar-refractivity contribution in [2.24, 2.45) is 5.92 Å². The van der Waals surface area contributed by atoms with Crippen LogP contribution in [0.2, 0.25) is 0 Å². The van der Waals surface area contributed by atoms with E-state index in [0.29, 0.717) is 12.0 Å². The summed E-state index contributed by atoms with van der Waals surface area (Å²) in [5, 5.41) is 4.61. The molecule has 2 aliphatic heterocycles. The maximum Gasteiger partial charge on any atom is 0.0764 e. The monoisotopic (exact) mass is 264 g/mol. The summed E-state index contributed by atoms with van der Waals surface area (Å²) in [5.41, 5.74) is 1.18. The van der Waals surface area contributed by atoms with E-state index in [-0.39, 0.29) is 0 Å². The van der Waals surface area contributed by atoms with Crippen molar-refractivity contribution in [2.75, 3.05) is 39.9 Å². The second-order valence-electron chi connectivity index (χ2n) is 5.87. The summed E-state index contributed by atoms with van der Waals surface area (Å²) >= 11 is 0. The van der Waals surface area contributed by atoms with Crippen LogP contribution in [0.4, 0.5) is 0 Å². The topological polar surface area (TPSA) is 33.5 Å². The van der Waals surface area contributed by atoms with Crippen molar-refractivity contribution in [1.29, 1.82) is 0 Å². The minimum absolute atomic E-state index is 0.504. The Balaban J connectivity index is 1.72. The molecule has 1 aromatic rings. The zero-order chi connectivity index (χ0) is 13.2. The van der Waals surface area contributed by atoms with E-state index in [1.165, 1.54) is 5.69 Å². The van der Waals surface area contributed by atoms with Gasteiger partial charge in [-0.3, -0.25) is 9.58 Å². The SMILES string of the molecule is CCn1ccc(CN2C[C@H]3COC[C@@H]2CN(C)C3)n1. The summed E-state index contributed by atoms with van der Waals surface area (Å²) < 4.78 is 7.81. The highest BCUT2D eigenvalue weighted by atomic mass is 16.5. The van der Waals surface area contributed by atoms with Gasteiger partial charge in [-0.05, 0) is 20.0 Å². The molecule has 0 radical (unpaired) electrons. The summed E-state index contributed by atoms with van der Waals surface area (Å²) in [7, 11) is 2.22. The Kier molecular flexibility index (Phi) is 3.86. The molecule has 0 unspecified atom stereocenters. The molecule has 0 spiro atoms. The van der Waals surface area contributed by atoms with Crippen molar-refractivity contribution in [3.63, 3.8) is 0 Å². The molecule has 0 aliphatic carbocycles. The molecule has 0 aromatic carbocycles. The van der Waals surface area contributed by atoms with Crippen LogP contribution in [0.5, 0.6) is 0 Å². The molecule has 0 N–H and O–H groups in total. The number of likely N-dealkylation sites (N-methyl/N-ethyl adjacent to an activating group) is 1. The van der Waals surface area contributed by atoms with Crippen LogP contribution in [0.1, 0.15) is 12.6 Å². The lowest BCUT2D eigenvalue weighted by Gasteiger charge is -2.29. The van der Waals surface area contributed by atoms with Crippen molar-refractivity contribution in [3.8, 4) is 0 Å². The van der Waals surface area contributed by atoms with Gasteiger partial charge in [-0.1, -0.05) is 0 Å². The quantitative estimate of drug-likeness (QED) is 0.803. The second-order valence-corrected chi connectivity index (χ2v) is 5.87. The van der Waals surface area contributed by atoms with Crippen LogP contribution in [-0.4, -0.2) is 65.5 Å². The number of aryl methyl sites for hydroxylation is 1. The first kappa shape index (κ1) is 13.1. The normalized spacial score (nSPS) is 29.4. The third kappa shape index (κ3) is 2.99. The second kappa shape index (κ2) is 5.61. The molecule has 106 valence electrons. The van der Waals surface area contributed by atoms with Gasteiger partial charge in [0.25, 0.3) is 0 Å². The van der Waals surface area contributed by atoms with E-state index >= 15 is 0 Å². The summed E-state index contributed by atoms with van der Waals surface area (Å²) in [6, 6.07) is 2.65. The van der Waals surface area contributed by atoms with Gasteiger partial charge in [-0.25, -0.2) is 0 Å². The van der Waals surface area contributed by atoms with Crippen molar-refractivity contribution in [1.82, 2.24) is 19.6 Å². The Morgan fingerprint density at radius 1 is 1.32 bits per heavy atom. The minimum Gasteiger partial charge on any atom is -0.379 e. The number of ether oxygens (including phenoxy) is 1. The molecule has 19 heavy (non-hydrogen) atoms. The lowest BCUT2D eigenvalue weighted by atomic mass is 10.1. The number of fused-ring (bicyclic) bond motifs is 3. The zero-order valence-electron chi connectivity index (χ0n) is 12.0. The van der Waals surface area contributed by atoms with Gasteiger partial charge < -0.3 is 9.64 Å². The number of aromatic nitrogens is 2. The molecule has 2 fully saturated rings. The van der Waals surface area contributed by atoms with Gasteiger partial charge in [0.2, 0.25) is 0 Å². The highest BCUT2D eigenvalue weighted by Crippen LogP contribution is 2.20. The van der Waals surface area contributed by atoms with Gasteiger partial charge in [0.05, 0.1) is 18.9 Å². The molecule has 5 nitrogen and oxygen atoms in total. The summed E-state index contributed by atoms with van der Waals surface area (Å²) in [6.45, 7) is 9.16. The van der Waals surface area contributed by atoms with Crippen molar-refractivity contribution >= 4 is 0 Å². The van der Waals surface area contributed by atoms with Crippen LogP contribution < -0.4 is 0 Å². The molecular formula is C14H24N4O. The fourth-order valence-corrected chi connectivity index (χ4v) is 3.23. The van der Waals surface area contributed by atoms with E-state index in [2.05, 4.69) is 41.1 Å². The average Bonchev–Trinajstić information content (AvgIpc) is 2.67. The van der Waals surface area contributed by atoms with Gasteiger partial charge in [-0.2, -0.15) is 5.10 Å². The Labute approximate surface area is 115 Å². The van der Waals surface area contributed by atoms with Gasteiger partial charge in [0.15, 0.2) is 0 Å². The molecule has 2 bridgehead atoms. The highest BCUT2D eigenvalue weighted by molar-refractivity contribution is 5.00. The number of hydrogen-bond acceptors (Lipinski definition) is 4. The van der Waals surface area contributed by atoms with Gasteiger partial charge in [0, 0.05) is 50.9 Å². The predicted octanol–water partition coefficient (Wildman–Crippen LogP) is 0.665. The van der Waals surface area contributed by atoms with E-state index < -0.39 is 0 Å². The van der Waals surface area contributed by atoms with Gasteiger partial charge in [-0.15, -0.1) is 0 Å². The molecule has 3 rings (SSSR count). The summed E-state index contributed by atoms with van der Waals surface area (Å²) in [6.07, 6.45) is 2.07. The van der Waals surface area contributed by atoms with E-state index in [4.69, 9.17) is 4.74 Å². The molecular weight excluding hydrogens is 240 g/mol. The van der Waals surface area contributed by atoms with Gasteiger partial charge in [0.1, 0.15) is 0 Å². The number of nitrogens with zero attached hydrogens (tertiary/aromatic N) is 4. The standard InChI is InChI=1S/C14H24N4O/c1-3-18-5-4-13(15-18)8-17-7-12-6-16(2)9-14(17)11-19-10-12/h4-5,12,14H,3,6-11H2,1-2H3/t12-,14-/m0/s1. The number of rotatable bonds is 3. The first-order valence-corrected chi connectivity index (χ1v) is 7.27. The molecule has 0 saturated carbocycles. The van der Waals surface area contributed by atoms with E-state index in [1.54, 1.807) is 0 Å². The van der Waals surface area contributed by atoms with Crippen LogP contribution >= 0.6 is 0 Å². The first-order chi connectivity index (χ1) is 9.24. The minimum atomic E-state index is 0.504. The largest absolute Gasteiger partial charge is 0.379 e. The van der Waals surface area contributed by atoms with Crippen LogP contribution in [0, 0.1) is 5.92 Å². The van der Waals surface area contributed by atoms with E-state index in [1.807, 2.05) is 4.68 Å². The first-order valence-electron chi connectivity index (χ1n) is 7.27. The molecule has 2 saturated heterocycles. The van der Waals surface area contributed by atoms with Crippen molar-refractivity contribution in [3.05, 3.63) is 18.0 Å². The fourth-order valence-electron chi connectivity index (χ4n) is 3.23. The zero-order valence-corrected chi connectivity index (χ0v) is 12.0. The van der Waals surface area contributed by atoms with Crippen LogP contribution in [-0.2, 0) is 17.8 Å². The molecule has 2 aliphatic rings. The van der Waals surface area contributed by atoms with Crippen molar-refractivity contribution in [2.45, 2.75) is 26.1 Å². The Morgan fingerprint density at radius 3 is 3.00 bits per heavy atom. The van der Waals surface area contributed by atoms with Crippen LogP contribution in [0.15, 0.2) is 12.3 Å². The maximum atomic E-state index is 5.81. The highest BCUT2D eigenvalue weighted by Gasteiger charge is 2.32. The van der Waals surface area contributed by atoms with E-state index in [0.717, 1.165) is 45.9 Å². The smallest absolute Gasteiger partial charge is 0.0764 e. The number of hydrogen-bond donors (Lipinski definition) is 0. The molecule has 2 atom stereocenters.